The molecular weight excluding hydrogens is 453 g/mol. The van der Waals surface area contributed by atoms with Crippen molar-refractivity contribution in [3.05, 3.63) is 90.8 Å². The number of nitrogens with zero attached hydrogens (tertiary/aromatic N) is 2. The maximum atomic E-state index is 13.0. The number of aromatic nitrogens is 2. The van der Waals surface area contributed by atoms with Gasteiger partial charge in [-0.05, 0) is 54.1 Å². The molecule has 5 nitrogen and oxygen atoms in total. The molecule has 0 saturated heterocycles. The third-order valence-electron chi connectivity index (χ3n) is 5.58. The molecule has 0 aliphatic heterocycles. The van der Waals surface area contributed by atoms with E-state index in [1.54, 1.807) is 6.20 Å². The van der Waals surface area contributed by atoms with Gasteiger partial charge < -0.3 is 10.6 Å². The van der Waals surface area contributed by atoms with Crippen LogP contribution in [-0.4, -0.2) is 15.9 Å². The number of carbonyl (C=O) groups is 1. The lowest BCUT2D eigenvalue weighted by molar-refractivity contribution is -0.137. The second-order valence-corrected chi connectivity index (χ2v) is 8.08. The van der Waals surface area contributed by atoms with Crippen molar-refractivity contribution in [1.82, 2.24) is 9.97 Å². The predicted molar refractivity (Wildman–Crippen MR) is 132 cm³/mol. The summed E-state index contributed by atoms with van der Waals surface area (Å²) < 4.78 is 39.0. The number of alkyl halides is 3. The maximum Gasteiger partial charge on any atom is 0.416 e. The molecule has 174 valence electrons. The highest BCUT2D eigenvalue weighted by atomic mass is 19.4. The molecule has 0 spiro atoms. The Hall–Kier alpha value is -4.46. The first-order valence-corrected chi connectivity index (χ1v) is 10.8. The first-order valence-electron chi connectivity index (χ1n) is 10.8. The van der Waals surface area contributed by atoms with Crippen LogP contribution in [0.2, 0.25) is 0 Å². The summed E-state index contributed by atoms with van der Waals surface area (Å²) in [5.74, 6) is -0.295. The van der Waals surface area contributed by atoms with Gasteiger partial charge in [0.1, 0.15) is 0 Å². The Morgan fingerprint density at radius 3 is 2.31 bits per heavy atom. The molecule has 0 aliphatic rings. The number of anilines is 3. The number of hydrogen-bond acceptors (Lipinski definition) is 4. The third-order valence-corrected chi connectivity index (χ3v) is 5.58. The molecule has 2 N–H and O–H groups in total. The molecule has 0 fully saturated rings. The lowest BCUT2D eigenvalue weighted by Crippen LogP contribution is -2.09. The van der Waals surface area contributed by atoms with Crippen LogP contribution in [0.3, 0.4) is 0 Å². The molecule has 2 heterocycles. The fourth-order valence-electron chi connectivity index (χ4n) is 3.91. The highest BCUT2D eigenvalue weighted by Gasteiger charge is 2.30. The molecule has 1 amide bonds. The molecule has 0 radical (unpaired) electrons. The number of benzene rings is 3. The summed E-state index contributed by atoms with van der Waals surface area (Å²) in [6, 6.07) is 20.3. The maximum absolute atomic E-state index is 13.0. The fourth-order valence-corrected chi connectivity index (χ4v) is 3.91. The van der Waals surface area contributed by atoms with Crippen LogP contribution in [0.25, 0.3) is 32.9 Å². The van der Waals surface area contributed by atoms with Crippen molar-refractivity contribution in [3.63, 3.8) is 0 Å². The van der Waals surface area contributed by atoms with Gasteiger partial charge in [0.15, 0.2) is 0 Å². The van der Waals surface area contributed by atoms with E-state index in [-0.39, 0.29) is 5.91 Å². The molecule has 0 atom stereocenters. The minimum Gasteiger partial charge on any atom is -0.353 e. The molecular formula is C27H19F3N4O. The number of halogens is 3. The van der Waals surface area contributed by atoms with E-state index in [1.165, 1.54) is 25.3 Å². The van der Waals surface area contributed by atoms with Crippen LogP contribution in [0.5, 0.6) is 0 Å². The van der Waals surface area contributed by atoms with Crippen molar-refractivity contribution < 1.29 is 18.0 Å². The van der Waals surface area contributed by atoms with Gasteiger partial charge in [-0.3, -0.25) is 14.8 Å². The van der Waals surface area contributed by atoms with Crippen LogP contribution in [-0.2, 0) is 11.0 Å². The second kappa shape index (κ2) is 8.72. The predicted octanol–water partition coefficient (Wildman–Crippen LogP) is 7.17. The summed E-state index contributed by atoms with van der Waals surface area (Å²) in [5, 5.41) is 7.61. The molecule has 0 bridgehead atoms. The van der Waals surface area contributed by atoms with Gasteiger partial charge in [0.25, 0.3) is 0 Å². The highest BCUT2D eigenvalue weighted by molar-refractivity contribution is 6.05. The number of fused-ring (bicyclic) bond motifs is 2. The molecule has 0 saturated carbocycles. The van der Waals surface area contributed by atoms with Gasteiger partial charge >= 0.3 is 6.18 Å². The van der Waals surface area contributed by atoms with Gasteiger partial charge in [0.05, 0.1) is 34.2 Å². The average Bonchev–Trinajstić information content (AvgIpc) is 2.84. The first-order chi connectivity index (χ1) is 16.8. The number of amides is 1. The Bertz CT molecular complexity index is 1560. The molecule has 5 aromatic rings. The third kappa shape index (κ3) is 4.63. The highest BCUT2D eigenvalue weighted by Crippen LogP contribution is 2.36. The summed E-state index contributed by atoms with van der Waals surface area (Å²) in [4.78, 5) is 20.8. The van der Waals surface area contributed by atoms with Crippen LogP contribution in [0, 0.1) is 0 Å². The van der Waals surface area contributed by atoms with Crippen molar-refractivity contribution in [1.29, 1.82) is 0 Å². The monoisotopic (exact) mass is 472 g/mol. The average molecular weight is 472 g/mol. The normalized spacial score (nSPS) is 11.5. The molecule has 3 aromatic carbocycles. The van der Waals surface area contributed by atoms with Crippen molar-refractivity contribution in [2.45, 2.75) is 13.1 Å². The zero-order chi connectivity index (χ0) is 24.6. The summed E-state index contributed by atoms with van der Waals surface area (Å²) in [7, 11) is 0. The molecule has 5 rings (SSSR count). The Labute approximate surface area is 198 Å². The summed E-state index contributed by atoms with van der Waals surface area (Å²) >= 11 is 0. The number of pyridine rings is 2. The lowest BCUT2D eigenvalue weighted by atomic mass is 10.0. The van der Waals surface area contributed by atoms with Gasteiger partial charge in [-0.1, -0.05) is 24.3 Å². The standard InChI is InChI=1S/C27H19F3N4O/c1-16(35)33-25-15-32-24-11-6-17(19-12-18-4-2-3-5-23(18)31-14-19)13-22(24)26(25)34-21-9-7-20(8-10-21)27(28,29)30/h2-15H,1H3,(H,32,34)(H,33,35). The van der Waals surface area contributed by atoms with Crippen LogP contribution in [0.15, 0.2) is 85.2 Å². The molecule has 8 heteroatoms. The van der Waals surface area contributed by atoms with E-state index in [0.717, 1.165) is 34.2 Å². The zero-order valence-corrected chi connectivity index (χ0v) is 18.5. The Morgan fingerprint density at radius 1 is 0.829 bits per heavy atom. The number of hydrogen-bond donors (Lipinski definition) is 2. The van der Waals surface area contributed by atoms with Gasteiger partial charge in [-0.15, -0.1) is 0 Å². The van der Waals surface area contributed by atoms with Crippen LogP contribution >= 0.6 is 0 Å². The van der Waals surface area contributed by atoms with Crippen molar-refractivity contribution >= 4 is 44.8 Å². The van der Waals surface area contributed by atoms with E-state index in [4.69, 9.17) is 0 Å². The van der Waals surface area contributed by atoms with E-state index in [2.05, 4.69) is 20.6 Å². The topological polar surface area (TPSA) is 66.9 Å². The Kier molecular flexibility index (Phi) is 5.56. The van der Waals surface area contributed by atoms with Crippen molar-refractivity contribution in [3.8, 4) is 11.1 Å². The van der Waals surface area contributed by atoms with E-state index >= 15 is 0 Å². The summed E-state index contributed by atoms with van der Waals surface area (Å²) in [5.41, 5.74) is 3.97. The smallest absolute Gasteiger partial charge is 0.353 e. The minimum atomic E-state index is -4.42. The summed E-state index contributed by atoms with van der Waals surface area (Å²) in [6.07, 6.45) is -1.11. The molecule has 2 aromatic heterocycles. The van der Waals surface area contributed by atoms with E-state index in [1.807, 2.05) is 48.5 Å². The molecule has 0 unspecified atom stereocenters. The largest absolute Gasteiger partial charge is 0.416 e. The van der Waals surface area contributed by atoms with Crippen LogP contribution < -0.4 is 10.6 Å². The quantitative estimate of drug-likeness (QED) is 0.291. The number of carbonyl (C=O) groups excluding carboxylic acids is 1. The van der Waals surface area contributed by atoms with Gasteiger partial charge in [0, 0.05) is 35.1 Å². The van der Waals surface area contributed by atoms with Gasteiger partial charge in [0.2, 0.25) is 5.91 Å². The summed E-state index contributed by atoms with van der Waals surface area (Å²) in [6.45, 7) is 1.38. The van der Waals surface area contributed by atoms with Crippen molar-refractivity contribution in [2.75, 3.05) is 10.6 Å². The molecule has 0 aliphatic carbocycles. The number of para-hydroxylation sites is 1. The number of rotatable bonds is 4. The van der Waals surface area contributed by atoms with Gasteiger partial charge in [-0.2, -0.15) is 13.2 Å². The second-order valence-electron chi connectivity index (χ2n) is 8.08. The fraction of sp³-hybridized carbons (Fsp3) is 0.0741. The van der Waals surface area contributed by atoms with Gasteiger partial charge in [-0.25, -0.2) is 0 Å². The Balaban J connectivity index is 1.62. The van der Waals surface area contributed by atoms with Crippen molar-refractivity contribution in [2.24, 2.45) is 0 Å². The van der Waals surface area contributed by atoms with Crippen LogP contribution in [0.1, 0.15) is 12.5 Å². The number of nitrogens with one attached hydrogen (secondary N) is 2. The van der Waals surface area contributed by atoms with E-state index < -0.39 is 11.7 Å². The lowest BCUT2D eigenvalue weighted by Gasteiger charge is -2.16. The molecule has 35 heavy (non-hydrogen) atoms. The SMILES string of the molecule is CC(=O)Nc1cnc2ccc(-c3cnc4ccccc4c3)cc2c1Nc1ccc(C(F)(F)F)cc1. The Morgan fingerprint density at radius 2 is 1.57 bits per heavy atom. The van der Waals surface area contributed by atoms with E-state index in [9.17, 15) is 18.0 Å². The first kappa shape index (κ1) is 22.3. The zero-order valence-electron chi connectivity index (χ0n) is 18.5. The minimum absolute atomic E-state index is 0.295. The van der Waals surface area contributed by atoms with E-state index in [0.29, 0.717) is 28.0 Å². The van der Waals surface area contributed by atoms with Crippen LogP contribution in [0.4, 0.5) is 30.2 Å².